The van der Waals surface area contributed by atoms with Crippen LogP contribution in [0, 0.1) is 11.8 Å². The average molecular weight is 691 g/mol. The number of carboxylic acids is 1. The predicted molar refractivity (Wildman–Crippen MR) is 181 cm³/mol. The summed E-state index contributed by atoms with van der Waals surface area (Å²) in [6.07, 6.45) is -0.307. The average Bonchev–Trinajstić information content (AvgIpc) is 3.04. The van der Waals surface area contributed by atoms with Gasteiger partial charge in [-0.15, -0.1) is 0 Å². The highest BCUT2D eigenvalue weighted by atomic mass is 16.4. The maximum Gasteiger partial charge on any atom is 0.306 e. The normalized spacial score (nSPS) is 13.8. The number of Topliss-reactive ketones (excluding diaryl/α,β-unsaturated/α-hetero) is 2. The summed E-state index contributed by atoms with van der Waals surface area (Å²) in [5.74, 6) is -7.08. The molecule has 0 saturated heterocycles. The van der Waals surface area contributed by atoms with Crippen molar-refractivity contribution in [3.05, 3.63) is 35.9 Å². The Bertz CT molecular complexity index is 1320. The maximum atomic E-state index is 13.7. The van der Waals surface area contributed by atoms with Crippen LogP contribution in [0.1, 0.15) is 56.9 Å². The van der Waals surface area contributed by atoms with Crippen LogP contribution < -0.4 is 45.0 Å². The zero-order valence-electron chi connectivity index (χ0n) is 27.5. The first kappa shape index (κ1) is 41.9. The Morgan fingerprint density at radius 3 is 1.78 bits per heavy atom. The molecule has 1 aromatic rings. The molecule has 16 N–H and O–H groups in total. The first-order valence-electron chi connectivity index (χ1n) is 15.8. The number of hydrogen-bond donors (Lipinski definition) is 10. The number of carboxylic acid groups (broad SMARTS) is 1. The number of aliphatic hydroxyl groups is 1. The molecule has 0 saturated carbocycles. The second-order valence-corrected chi connectivity index (χ2v) is 11.6. The molecule has 0 spiro atoms. The van der Waals surface area contributed by atoms with Crippen LogP contribution in [-0.2, 0) is 35.2 Å². The van der Waals surface area contributed by atoms with E-state index < -0.39 is 78.2 Å². The van der Waals surface area contributed by atoms with E-state index in [2.05, 4.69) is 20.6 Å². The number of carbonyl (C=O) groups is 6. The smallest absolute Gasteiger partial charge is 0.306 e. The van der Waals surface area contributed by atoms with Gasteiger partial charge in [-0.3, -0.25) is 38.8 Å². The van der Waals surface area contributed by atoms with E-state index >= 15 is 0 Å². The fourth-order valence-electron chi connectivity index (χ4n) is 4.83. The molecule has 49 heavy (non-hydrogen) atoms. The molecule has 0 aromatic heterocycles. The summed E-state index contributed by atoms with van der Waals surface area (Å²) in [5.41, 5.74) is 33.1. The van der Waals surface area contributed by atoms with Crippen LogP contribution in [0.2, 0.25) is 0 Å². The molecule has 5 atom stereocenters. The maximum absolute atomic E-state index is 13.7. The van der Waals surface area contributed by atoms with Crippen molar-refractivity contribution < 1.29 is 39.0 Å². The van der Waals surface area contributed by atoms with Gasteiger partial charge in [-0.25, -0.2) is 0 Å². The molecule has 0 radical (unpaired) electrons. The van der Waals surface area contributed by atoms with Crippen molar-refractivity contribution in [2.24, 2.45) is 56.2 Å². The fourth-order valence-corrected chi connectivity index (χ4v) is 4.83. The molecule has 18 heteroatoms. The van der Waals surface area contributed by atoms with Crippen LogP contribution >= 0.6 is 0 Å². The number of rotatable bonds is 25. The molecule has 18 nitrogen and oxygen atoms in total. The van der Waals surface area contributed by atoms with Crippen molar-refractivity contribution in [1.82, 2.24) is 10.6 Å². The van der Waals surface area contributed by atoms with E-state index in [1.165, 1.54) is 0 Å². The minimum Gasteiger partial charge on any atom is -0.481 e. The molecule has 272 valence electrons. The number of nitrogens with two attached hydrogens (primary N) is 6. The summed E-state index contributed by atoms with van der Waals surface area (Å²) in [5, 5.41) is 24.7. The number of aliphatic imine (C=N–C) groups is 2. The molecule has 0 bridgehead atoms. The Morgan fingerprint density at radius 1 is 0.714 bits per heavy atom. The largest absolute Gasteiger partial charge is 0.481 e. The van der Waals surface area contributed by atoms with Gasteiger partial charge in [-0.2, -0.15) is 0 Å². The van der Waals surface area contributed by atoms with Gasteiger partial charge in [0.2, 0.25) is 17.7 Å². The van der Waals surface area contributed by atoms with Gasteiger partial charge in [-0.1, -0.05) is 30.3 Å². The second kappa shape index (κ2) is 22.5. The Morgan fingerprint density at radius 2 is 1.24 bits per heavy atom. The molecule has 0 unspecified atom stereocenters. The van der Waals surface area contributed by atoms with Gasteiger partial charge in [-0.05, 0) is 44.1 Å². The van der Waals surface area contributed by atoms with E-state index in [1.807, 2.05) is 0 Å². The molecule has 0 fully saturated rings. The summed E-state index contributed by atoms with van der Waals surface area (Å²) >= 11 is 0. The van der Waals surface area contributed by atoms with E-state index in [0.717, 1.165) is 0 Å². The summed E-state index contributed by atoms with van der Waals surface area (Å²) < 4.78 is 0. The van der Waals surface area contributed by atoms with Crippen molar-refractivity contribution >= 4 is 47.2 Å². The molecule has 0 heterocycles. The zero-order valence-corrected chi connectivity index (χ0v) is 27.5. The van der Waals surface area contributed by atoms with Gasteiger partial charge in [0.05, 0.1) is 24.6 Å². The summed E-state index contributed by atoms with van der Waals surface area (Å²) in [7, 11) is 0. The Balaban J connectivity index is 3.18. The van der Waals surface area contributed by atoms with E-state index in [9.17, 15) is 39.0 Å². The minimum absolute atomic E-state index is 0.0509. The number of carbonyl (C=O) groups excluding carboxylic acids is 5. The number of benzene rings is 1. The number of amides is 3. The highest BCUT2D eigenvalue weighted by molar-refractivity contribution is 5.95. The molecule has 1 aromatic carbocycles. The van der Waals surface area contributed by atoms with E-state index in [1.54, 1.807) is 30.3 Å². The number of primary amides is 1. The number of nitrogens with zero attached hydrogens (tertiary/aromatic N) is 2. The van der Waals surface area contributed by atoms with Crippen molar-refractivity contribution in [2.45, 2.75) is 75.9 Å². The van der Waals surface area contributed by atoms with Crippen LogP contribution in [0.4, 0.5) is 0 Å². The number of aliphatic carboxylic acids is 1. The standard InChI is InChI=1S/C31H50N10O8/c32-21(10-11-26(33)45)28(47)40-22(9-5-13-39-31(36)37)24(43)16-20(14-18-6-2-1-3-7-18)27(46)41-23(17-42)25(44)15-19(29(48)49)8-4-12-38-30(34)35/h1-3,6-7,19-23,42H,4-5,8-17,32H2,(H2,33,45)(H,40,47)(H,41,46)(H,48,49)(H4,34,35,38)(H4,36,37,39)/t19-,20-,21+,22+,23+/m1/s1. The third-order valence-electron chi connectivity index (χ3n) is 7.52. The molecular weight excluding hydrogens is 640 g/mol. The lowest BCUT2D eigenvalue weighted by Crippen LogP contribution is -2.50. The first-order valence-corrected chi connectivity index (χ1v) is 15.8. The van der Waals surface area contributed by atoms with Gasteiger partial charge in [0.15, 0.2) is 23.5 Å². The van der Waals surface area contributed by atoms with Gasteiger partial charge >= 0.3 is 5.97 Å². The second-order valence-electron chi connectivity index (χ2n) is 11.6. The van der Waals surface area contributed by atoms with Gasteiger partial charge in [0.25, 0.3) is 0 Å². The minimum atomic E-state index is -1.45. The number of guanidine groups is 2. The third kappa shape index (κ3) is 17.6. The highest BCUT2D eigenvalue weighted by Crippen LogP contribution is 2.18. The van der Waals surface area contributed by atoms with Crippen LogP contribution in [0.5, 0.6) is 0 Å². The molecule has 1 rings (SSSR count). The molecule has 0 aliphatic rings. The molecular formula is C31H50N10O8. The van der Waals surface area contributed by atoms with Crippen LogP contribution in [0.15, 0.2) is 40.3 Å². The lowest BCUT2D eigenvalue weighted by Gasteiger charge is -2.24. The third-order valence-corrected chi connectivity index (χ3v) is 7.52. The predicted octanol–water partition coefficient (Wildman–Crippen LogP) is -2.87. The van der Waals surface area contributed by atoms with Gasteiger partial charge < -0.3 is 55.2 Å². The van der Waals surface area contributed by atoms with Crippen LogP contribution in [0.3, 0.4) is 0 Å². The SMILES string of the molecule is NC(=O)CC[C@H](N)C(=O)N[C@@H](CCCN=C(N)N)C(=O)C[C@@H](Cc1ccccc1)C(=O)N[C@@H](CO)C(=O)C[C@@H](CCCN=C(N)N)C(=O)O. The molecule has 0 aliphatic carbocycles. The number of aliphatic hydroxyl groups excluding tert-OH is 1. The monoisotopic (exact) mass is 690 g/mol. The quantitative estimate of drug-likeness (QED) is 0.0280. The summed E-state index contributed by atoms with van der Waals surface area (Å²) in [6.45, 7) is -0.510. The van der Waals surface area contributed by atoms with Crippen molar-refractivity contribution in [3.63, 3.8) is 0 Å². The lowest BCUT2D eigenvalue weighted by molar-refractivity contribution is -0.144. The molecule has 0 aliphatic heterocycles. The van der Waals surface area contributed by atoms with Crippen LogP contribution in [0.25, 0.3) is 0 Å². The number of nitrogens with one attached hydrogen (secondary N) is 2. The van der Waals surface area contributed by atoms with Crippen molar-refractivity contribution in [3.8, 4) is 0 Å². The van der Waals surface area contributed by atoms with E-state index in [-0.39, 0.29) is 76.4 Å². The number of ketones is 2. The van der Waals surface area contributed by atoms with Crippen molar-refractivity contribution in [2.75, 3.05) is 19.7 Å². The Hall–Kier alpha value is -5.10. The lowest BCUT2D eigenvalue weighted by atomic mass is 9.89. The Labute approximate surface area is 284 Å². The van der Waals surface area contributed by atoms with Crippen LogP contribution in [-0.4, -0.2) is 95.2 Å². The number of hydrogen-bond acceptors (Lipinski definition) is 10. The first-order chi connectivity index (χ1) is 23.1. The molecule has 3 amide bonds. The highest BCUT2D eigenvalue weighted by Gasteiger charge is 2.32. The van der Waals surface area contributed by atoms with Gasteiger partial charge in [0, 0.05) is 38.3 Å². The summed E-state index contributed by atoms with van der Waals surface area (Å²) in [6, 6.07) is 5.04. The fraction of sp³-hybridized carbons (Fsp3) is 0.548. The topological polar surface area (TPSA) is 348 Å². The van der Waals surface area contributed by atoms with E-state index in [4.69, 9.17) is 34.4 Å². The van der Waals surface area contributed by atoms with Gasteiger partial charge in [0.1, 0.15) is 6.04 Å². The summed E-state index contributed by atoms with van der Waals surface area (Å²) in [4.78, 5) is 83.8. The Kier molecular flexibility index (Phi) is 19.2. The zero-order chi connectivity index (χ0) is 36.9. The van der Waals surface area contributed by atoms with Crippen molar-refractivity contribution in [1.29, 1.82) is 0 Å². The van der Waals surface area contributed by atoms with E-state index in [0.29, 0.717) is 5.56 Å².